The van der Waals surface area contributed by atoms with Crippen LogP contribution in [0.1, 0.15) is 0 Å². The van der Waals surface area contributed by atoms with Crippen molar-refractivity contribution in [3.8, 4) is 55.6 Å². The molecule has 11 aromatic carbocycles. The van der Waals surface area contributed by atoms with Crippen LogP contribution in [0.25, 0.3) is 99.1 Å². The van der Waals surface area contributed by atoms with E-state index < -0.39 is 0 Å². The summed E-state index contributed by atoms with van der Waals surface area (Å²) < 4.78 is 6.91. The molecular formula is C62H41NO. The summed E-state index contributed by atoms with van der Waals surface area (Å²) in [7, 11) is 0. The Balaban J connectivity index is 1.07. The first kappa shape index (κ1) is 37.3. The summed E-state index contributed by atoms with van der Waals surface area (Å²) >= 11 is 0. The molecule has 1 heterocycles. The zero-order chi connectivity index (χ0) is 42.4. The van der Waals surface area contributed by atoms with Crippen molar-refractivity contribution in [2.75, 3.05) is 4.90 Å². The molecule has 0 spiro atoms. The largest absolute Gasteiger partial charge is 0.455 e. The number of furan rings is 1. The third-order valence-corrected chi connectivity index (χ3v) is 12.7. The summed E-state index contributed by atoms with van der Waals surface area (Å²) in [6.07, 6.45) is 0. The minimum absolute atomic E-state index is 0.859. The van der Waals surface area contributed by atoms with Gasteiger partial charge in [0.1, 0.15) is 11.2 Å². The van der Waals surface area contributed by atoms with Gasteiger partial charge in [0.2, 0.25) is 0 Å². The summed E-state index contributed by atoms with van der Waals surface area (Å²) in [5.74, 6) is 0. The van der Waals surface area contributed by atoms with E-state index in [0.717, 1.165) is 55.7 Å². The van der Waals surface area contributed by atoms with Crippen LogP contribution >= 0.6 is 0 Å². The molecule has 0 fully saturated rings. The lowest BCUT2D eigenvalue weighted by molar-refractivity contribution is 0.670. The molecule has 64 heavy (non-hydrogen) atoms. The van der Waals surface area contributed by atoms with Gasteiger partial charge in [-0.1, -0.05) is 206 Å². The number of anilines is 3. The second-order valence-corrected chi connectivity index (χ2v) is 16.4. The van der Waals surface area contributed by atoms with E-state index in [1.165, 1.54) is 60.5 Å². The predicted octanol–water partition coefficient (Wildman–Crippen LogP) is 17.7. The second-order valence-electron chi connectivity index (χ2n) is 16.4. The fraction of sp³-hybridized carbons (Fsp3) is 0. The molecule has 2 nitrogen and oxygen atoms in total. The molecule has 0 amide bonds. The van der Waals surface area contributed by atoms with Gasteiger partial charge in [0.05, 0.1) is 16.8 Å². The third kappa shape index (κ3) is 6.52. The molecule has 0 atom stereocenters. The third-order valence-electron chi connectivity index (χ3n) is 12.7. The Labute approximate surface area is 372 Å². The first-order valence-electron chi connectivity index (χ1n) is 21.9. The van der Waals surface area contributed by atoms with Gasteiger partial charge in [-0.15, -0.1) is 0 Å². The number of hydrogen-bond donors (Lipinski definition) is 0. The first-order valence-corrected chi connectivity index (χ1v) is 21.9. The molecule has 0 aliphatic heterocycles. The number of benzene rings is 11. The Morgan fingerprint density at radius 1 is 0.281 bits per heavy atom. The van der Waals surface area contributed by atoms with Gasteiger partial charge in [0, 0.05) is 22.0 Å². The van der Waals surface area contributed by atoms with Gasteiger partial charge in [0.15, 0.2) is 0 Å². The SMILES string of the molecule is c1ccc(-c2ccc(-c3ccc(N(c4ccc(-c5cc(-c6ccccc6)ccc5-c5ccccc5)cc4)c4cccc5c4ccc4ccccc45)c4c3oc3ccccc34)cc2)cc1. The van der Waals surface area contributed by atoms with Crippen molar-refractivity contribution < 1.29 is 4.42 Å². The maximum Gasteiger partial charge on any atom is 0.145 e. The number of fused-ring (bicyclic) bond motifs is 6. The molecule has 0 unspecified atom stereocenters. The maximum atomic E-state index is 6.91. The second kappa shape index (κ2) is 15.8. The maximum absolute atomic E-state index is 6.91. The van der Waals surface area contributed by atoms with Crippen molar-refractivity contribution in [3.63, 3.8) is 0 Å². The average molecular weight is 816 g/mol. The lowest BCUT2D eigenvalue weighted by Crippen LogP contribution is -2.11. The monoisotopic (exact) mass is 815 g/mol. The molecule has 0 aliphatic rings. The zero-order valence-corrected chi connectivity index (χ0v) is 35.0. The fourth-order valence-electron chi connectivity index (χ4n) is 9.58. The van der Waals surface area contributed by atoms with Crippen LogP contribution in [-0.4, -0.2) is 0 Å². The zero-order valence-electron chi connectivity index (χ0n) is 35.0. The topological polar surface area (TPSA) is 16.4 Å². The minimum Gasteiger partial charge on any atom is -0.455 e. The number of para-hydroxylation sites is 1. The molecule has 0 saturated carbocycles. The molecule has 0 radical (unpaired) electrons. The van der Waals surface area contributed by atoms with Gasteiger partial charge in [-0.2, -0.15) is 0 Å². The van der Waals surface area contributed by atoms with Crippen molar-refractivity contribution in [2.45, 2.75) is 0 Å². The summed E-state index contributed by atoms with van der Waals surface area (Å²) in [6, 6.07) is 89.6. The normalized spacial score (nSPS) is 11.4. The number of nitrogens with zero attached hydrogens (tertiary/aromatic N) is 1. The molecule has 0 bridgehead atoms. The minimum atomic E-state index is 0.859. The smallest absolute Gasteiger partial charge is 0.145 e. The van der Waals surface area contributed by atoms with E-state index in [1.807, 2.05) is 0 Å². The molecule has 300 valence electrons. The average Bonchev–Trinajstić information content (AvgIpc) is 3.77. The van der Waals surface area contributed by atoms with Crippen molar-refractivity contribution >= 4 is 60.5 Å². The Hall–Kier alpha value is -8.46. The first-order chi connectivity index (χ1) is 31.7. The summed E-state index contributed by atoms with van der Waals surface area (Å²) in [4.78, 5) is 2.44. The highest BCUT2D eigenvalue weighted by Gasteiger charge is 2.24. The molecule has 0 saturated heterocycles. The van der Waals surface area contributed by atoms with Crippen LogP contribution in [0.3, 0.4) is 0 Å². The Morgan fingerprint density at radius 2 is 0.812 bits per heavy atom. The fourth-order valence-corrected chi connectivity index (χ4v) is 9.58. The van der Waals surface area contributed by atoms with Gasteiger partial charge < -0.3 is 9.32 Å². The van der Waals surface area contributed by atoms with Gasteiger partial charge >= 0.3 is 0 Å². The van der Waals surface area contributed by atoms with Crippen molar-refractivity contribution in [1.29, 1.82) is 0 Å². The highest BCUT2D eigenvalue weighted by molar-refractivity contribution is 6.19. The quantitative estimate of drug-likeness (QED) is 0.142. The summed E-state index contributed by atoms with van der Waals surface area (Å²) in [6.45, 7) is 0. The van der Waals surface area contributed by atoms with Crippen molar-refractivity contribution in [1.82, 2.24) is 0 Å². The van der Waals surface area contributed by atoms with Gasteiger partial charge in [-0.3, -0.25) is 0 Å². The number of rotatable bonds is 8. The van der Waals surface area contributed by atoms with Crippen molar-refractivity contribution in [3.05, 3.63) is 249 Å². The van der Waals surface area contributed by atoms with E-state index in [9.17, 15) is 0 Å². The van der Waals surface area contributed by atoms with Crippen LogP contribution in [0.5, 0.6) is 0 Å². The van der Waals surface area contributed by atoms with Crippen LogP contribution in [-0.2, 0) is 0 Å². The van der Waals surface area contributed by atoms with E-state index in [0.29, 0.717) is 0 Å². The summed E-state index contributed by atoms with van der Waals surface area (Å²) in [5.41, 5.74) is 16.6. The Kier molecular flexibility index (Phi) is 9.20. The molecule has 2 heteroatoms. The number of hydrogen-bond acceptors (Lipinski definition) is 2. The van der Waals surface area contributed by atoms with Crippen LogP contribution in [0.2, 0.25) is 0 Å². The molecule has 12 aromatic rings. The van der Waals surface area contributed by atoms with Crippen LogP contribution in [0.15, 0.2) is 253 Å². The lowest BCUT2D eigenvalue weighted by atomic mass is 9.91. The lowest BCUT2D eigenvalue weighted by Gasteiger charge is -2.28. The molecule has 0 N–H and O–H groups in total. The predicted molar refractivity (Wildman–Crippen MR) is 271 cm³/mol. The van der Waals surface area contributed by atoms with Crippen LogP contribution in [0, 0.1) is 0 Å². The van der Waals surface area contributed by atoms with Crippen LogP contribution < -0.4 is 4.90 Å². The van der Waals surface area contributed by atoms with Crippen molar-refractivity contribution in [2.24, 2.45) is 0 Å². The Morgan fingerprint density at radius 3 is 1.56 bits per heavy atom. The van der Waals surface area contributed by atoms with Gasteiger partial charge in [0.25, 0.3) is 0 Å². The highest BCUT2D eigenvalue weighted by atomic mass is 16.3. The van der Waals surface area contributed by atoms with Gasteiger partial charge in [-0.25, -0.2) is 0 Å². The Bertz CT molecular complexity index is 3630. The van der Waals surface area contributed by atoms with E-state index in [2.05, 4.69) is 254 Å². The van der Waals surface area contributed by atoms with E-state index in [-0.39, 0.29) is 0 Å². The standard InChI is InChI=1S/C62H41NO/c1-4-15-42(16-5-1)44-27-29-47(30-28-44)53-39-40-59(61-56-23-12-13-26-60(56)64-62(53)61)63(58-25-14-24-54-51-22-11-10-21-46(51)33-38-55(54)58)50-35-31-48(32-36-50)57-41-49(43-17-6-2-7-18-43)34-37-52(57)45-19-8-3-9-20-45/h1-41H. The molecule has 1 aromatic heterocycles. The molecular weight excluding hydrogens is 775 g/mol. The van der Waals surface area contributed by atoms with E-state index in [4.69, 9.17) is 4.42 Å². The van der Waals surface area contributed by atoms with Crippen LogP contribution in [0.4, 0.5) is 17.1 Å². The van der Waals surface area contributed by atoms with Gasteiger partial charge in [-0.05, 0) is 109 Å². The summed E-state index contributed by atoms with van der Waals surface area (Å²) in [5, 5.41) is 6.99. The molecule has 0 aliphatic carbocycles. The van der Waals surface area contributed by atoms with E-state index in [1.54, 1.807) is 0 Å². The molecule has 12 rings (SSSR count). The van der Waals surface area contributed by atoms with E-state index >= 15 is 0 Å². The highest BCUT2D eigenvalue weighted by Crippen LogP contribution is 2.48.